The predicted molar refractivity (Wildman–Crippen MR) is 41.2 cm³/mol. The van der Waals surface area contributed by atoms with E-state index in [0.29, 0.717) is 12.0 Å². The maximum absolute atomic E-state index is 10.3. The van der Waals surface area contributed by atoms with Crippen molar-refractivity contribution in [3.05, 3.63) is 35.3 Å². The highest BCUT2D eigenvalue weighted by Crippen LogP contribution is 2.10. The Labute approximate surface area is 65.5 Å². The van der Waals surface area contributed by atoms with E-state index in [1.807, 2.05) is 0 Å². The molecule has 0 saturated heterocycles. The van der Waals surface area contributed by atoms with Gasteiger partial charge in [-0.15, -0.1) is 0 Å². The van der Waals surface area contributed by atoms with Crippen molar-refractivity contribution in [1.29, 1.82) is 0 Å². The summed E-state index contributed by atoms with van der Waals surface area (Å²) < 4.78 is 29.0. The van der Waals surface area contributed by atoms with E-state index in [9.17, 15) is 8.42 Å². The van der Waals surface area contributed by atoms with Gasteiger partial charge in [0.25, 0.3) is 10.1 Å². The van der Waals surface area contributed by atoms with Gasteiger partial charge in [-0.25, -0.2) is 0 Å². The fraction of sp³-hybridized carbons (Fsp3) is 0.143. The summed E-state index contributed by atoms with van der Waals surface area (Å²) in [5, 5.41) is 0.823. The zero-order chi connectivity index (χ0) is 8.32. The molecule has 0 aromatic carbocycles. The van der Waals surface area contributed by atoms with Crippen molar-refractivity contribution in [2.75, 3.05) is 0 Å². The molecule has 1 aliphatic rings. The van der Waals surface area contributed by atoms with Gasteiger partial charge in [0.15, 0.2) is 0 Å². The molecule has 1 rings (SSSR count). The second-order valence-corrected chi connectivity index (χ2v) is 3.38. The molecule has 0 aromatic heterocycles. The smallest absolute Gasteiger partial charge is 0.282 e. The number of hydrogen-bond acceptors (Lipinski definition) is 2. The van der Waals surface area contributed by atoms with Crippen molar-refractivity contribution < 1.29 is 13.0 Å². The molecule has 0 spiro atoms. The molecule has 59 valence electrons. The van der Waals surface area contributed by atoms with Crippen molar-refractivity contribution >= 4 is 10.1 Å². The van der Waals surface area contributed by atoms with Crippen LogP contribution >= 0.6 is 0 Å². The summed E-state index contributed by atoms with van der Waals surface area (Å²) in [6, 6.07) is 0. The van der Waals surface area contributed by atoms with Crippen LogP contribution in [0.25, 0.3) is 0 Å². The third-order valence-electron chi connectivity index (χ3n) is 1.13. The highest BCUT2D eigenvalue weighted by atomic mass is 32.2. The molecular formula is C7H7O3S. The van der Waals surface area contributed by atoms with E-state index >= 15 is 0 Å². The van der Waals surface area contributed by atoms with Gasteiger partial charge in [0.1, 0.15) is 0 Å². The van der Waals surface area contributed by atoms with Gasteiger partial charge >= 0.3 is 0 Å². The summed E-state index contributed by atoms with van der Waals surface area (Å²) in [6.07, 6.45) is 8.21. The Balaban J connectivity index is 2.85. The molecule has 1 aliphatic carbocycles. The summed E-state index contributed by atoms with van der Waals surface area (Å²) in [7, 11) is -3.99. The van der Waals surface area contributed by atoms with Crippen LogP contribution in [0.15, 0.2) is 29.2 Å². The summed E-state index contributed by atoms with van der Waals surface area (Å²) in [5.74, 6) is 0. The molecule has 0 heterocycles. The van der Waals surface area contributed by atoms with Gasteiger partial charge in [-0.2, -0.15) is 8.42 Å². The molecule has 0 unspecified atom stereocenters. The van der Waals surface area contributed by atoms with Crippen LogP contribution in [0.2, 0.25) is 0 Å². The van der Waals surface area contributed by atoms with E-state index in [-0.39, 0.29) is 0 Å². The van der Waals surface area contributed by atoms with E-state index < -0.39 is 10.1 Å². The molecule has 0 aromatic rings. The highest BCUT2D eigenvalue weighted by molar-refractivity contribution is 7.88. The van der Waals surface area contributed by atoms with Crippen LogP contribution in [0.1, 0.15) is 6.42 Å². The fourth-order valence-electron chi connectivity index (χ4n) is 0.748. The van der Waals surface area contributed by atoms with E-state index in [0.717, 1.165) is 5.41 Å². The Morgan fingerprint density at radius 2 is 2.36 bits per heavy atom. The largest absolute Gasteiger partial charge is 0.287 e. The lowest BCUT2D eigenvalue weighted by molar-refractivity contribution is 0.494. The minimum Gasteiger partial charge on any atom is -0.282 e. The first-order valence-electron chi connectivity index (χ1n) is 2.99. The second kappa shape index (κ2) is 3.02. The van der Waals surface area contributed by atoms with Crippen LogP contribution in [-0.2, 0) is 10.1 Å². The molecule has 0 atom stereocenters. The Morgan fingerprint density at radius 1 is 1.64 bits per heavy atom. The van der Waals surface area contributed by atoms with E-state index in [1.54, 1.807) is 18.2 Å². The van der Waals surface area contributed by atoms with Crippen LogP contribution in [-0.4, -0.2) is 13.0 Å². The van der Waals surface area contributed by atoms with Crippen molar-refractivity contribution in [3.63, 3.8) is 0 Å². The third kappa shape index (κ3) is 3.15. The van der Waals surface area contributed by atoms with Crippen molar-refractivity contribution in [2.24, 2.45) is 0 Å². The Morgan fingerprint density at radius 3 is 2.82 bits per heavy atom. The van der Waals surface area contributed by atoms with Gasteiger partial charge in [-0.3, -0.25) is 4.55 Å². The molecule has 0 saturated carbocycles. The lowest BCUT2D eigenvalue weighted by Gasteiger charge is -1.98. The number of rotatable bonds is 1. The first kappa shape index (κ1) is 8.23. The molecule has 1 radical (unpaired) electrons. The highest BCUT2D eigenvalue weighted by Gasteiger charge is 2.01. The monoisotopic (exact) mass is 171 g/mol. The molecule has 0 amide bonds. The van der Waals surface area contributed by atoms with Gasteiger partial charge in [0.05, 0.1) is 5.41 Å². The summed E-state index contributed by atoms with van der Waals surface area (Å²) in [6.45, 7) is 0. The van der Waals surface area contributed by atoms with Gasteiger partial charge in [0.2, 0.25) is 0 Å². The van der Waals surface area contributed by atoms with Crippen molar-refractivity contribution in [2.45, 2.75) is 6.42 Å². The first-order chi connectivity index (χ1) is 5.08. The average molecular weight is 171 g/mol. The molecule has 3 nitrogen and oxygen atoms in total. The SMILES string of the molecule is O=S(=O)(O)/C=C1\C=CC=[C]C1. The Kier molecular flexibility index (Phi) is 2.26. The van der Waals surface area contributed by atoms with E-state index in [2.05, 4.69) is 6.08 Å². The number of allylic oxidation sites excluding steroid dienone is 5. The minimum atomic E-state index is -3.99. The third-order valence-corrected chi connectivity index (χ3v) is 1.73. The quantitative estimate of drug-likeness (QED) is 0.600. The summed E-state index contributed by atoms with van der Waals surface area (Å²) in [4.78, 5) is 0. The first-order valence-corrected chi connectivity index (χ1v) is 4.49. The molecule has 4 heteroatoms. The minimum absolute atomic E-state index is 0.427. The molecule has 11 heavy (non-hydrogen) atoms. The Hall–Kier alpha value is -0.870. The van der Waals surface area contributed by atoms with E-state index in [1.165, 1.54) is 0 Å². The van der Waals surface area contributed by atoms with Crippen LogP contribution in [0.4, 0.5) is 0 Å². The van der Waals surface area contributed by atoms with E-state index in [4.69, 9.17) is 4.55 Å². The maximum Gasteiger partial charge on any atom is 0.287 e. The normalized spacial score (nSPS) is 21.0. The van der Waals surface area contributed by atoms with Crippen molar-refractivity contribution in [1.82, 2.24) is 0 Å². The molecule has 1 N–H and O–H groups in total. The molecular weight excluding hydrogens is 164 g/mol. The van der Waals surface area contributed by atoms with Gasteiger partial charge < -0.3 is 0 Å². The molecule has 0 aliphatic heterocycles. The summed E-state index contributed by atoms with van der Waals surface area (Å²) >= 11 is 0. The molecule has 0 fully saturated rings. The maximum atomic E-state index is 10.3. The van der Waals surface area contributed by atoms with Crippen LogP contribution in [0, 0.1) is 6.08 Å². The van der Waals surface area contributed by atoms with Gasteiger partial charge in [-0.05, 0) is 18.1 Å². The average Bonchev–Trinajstić information content (AvgIpc) is 1.85. The lowest BCUT2D eigenvalue weighted by Crippen LogP contribution is -1.93. The predicted octanol–water partition coefficient (Wildman–Crippen LogP) is 1.08. The van der Waals surface area contributed by atoms with Gasteiger partial charge in [-0.1, -0.05) is 18.2 Å². The summed E-state index contributed by atoms with van der Waals surface area (Å²) in [5.41, 5.74) is 0.537. The fourth-order valence-corrected chi connectivity index (χ4v) is 1.29. The standard InChI is InChI=1S/C7H7O3S/c8-11(9,10)6-7-4-2-1-3-5-7/h1-2,4,6H,5H2,(H,8,9,10)/b7-6+. The van der Waals surface area contributed by atoms with Gasteiger partial charge in [0, 0.05) is 0 Å². The zero-order valence-corrected chi connectivity index (χ0v) is 6.50. The van der Waals surface area contributed by atoms with Crippen molar-refractivity contribution in [3.8, 4) is 0 Å². The van der Waals surface area contributed by atoms with Crippen LogP contribution < -0.4 is 0 Å². The Bertz CT molecular complexity index is 320. The molecule has 0 bridgehead atoms. The second-order valence-electron chi connectivity index (χ2n) is 2.11. The lowest BCUT2D eigenvalue weighted by atomic mass is 10.1. The zero-order valence-electron chi connectivity index (χ0n) is 5.69. The van der Waals surface area contributed by atoms with Crippen LogP contribution in [0.5, 0.6) is 0 Å². The topological polar surface area (TPSA) is 54.4 Å². The van der Waals surface area contributed by atoms with Crippen LogP contribution in [0.3, 0.4) is 0 Å². The number of hydrogen-bond donors (Lipinski definition) is 1.